The van der Waals surface area contributed by atoms with Gasteiger partial charge in [0, 0.05) is 11.6 Å². The largest absolute Gasteiger partial charge is 0.362 e. The number of hydrogen-bond donors (Lipinski definition) is 2. The van der Waals surface area contributed by atoms with E-state index in [0.29, 0.717) is 10.1 Å². The standard InChI is InChI=1S/C10H12ClN3S/c1-2-12-10(15)14-13-7-8-3-5-9(11)6-4-8/h3-7H,2H2,1H3,(H2,12,14,15). The molecule has 1 aromatic carbocycles. The first-order chi connectivity index (χ1) is 7.22. The lowest BCUT2D eigenvalue weighted by Crippen LogP contribution is -2.31. The number of nitrogens with one attached hydrogen (secondary N) is 2. The zero-order chi connectivity index (χ0) is 11.1. The van der Waals surface area contributed by atoms with E-state index < -0.39 is 0 Å². The minimum atomic E-state index is 0.516. The first kappa shape index (κ1) is 11.9. The quantitative estimate of drug-likeness (QED) is 0.484. The van der Waals surface area contributed by atoms with E-state index in [9.17, 15) is 0 Å². The molecule has 0 amide bonds. The Bertz CT molecular complexity index is 348. The van der Waals surface area contributed by atoms with Gasteiger partial charge in [-0.2, -0.15) is 5.10 Å². The lowest BCUT2D eigenvalue weighted by molar-refractivity contribution is 0.904. The van der Waals surface area contributed by atoms with Crippen molar-refractivity contribution < 1.29 is 0 Å². The number of halogens is 1. The highest BCUT2D eigenvalue weighted by Crippen LogP contribution is 2.07. The monoisotopic (exact) mass is 241 g/mol. The van der Waals surface area contributed by atoms with Crippen LogP contribution in [0.3, 0.4) is 0 Å². The van der Waals surface area contributed by atoms with Crippen LogP contribution in [0.15, 0.2) is 29.4 Å². The van der Waals surface area contributed by atoms with E-state index in [-0.39, 0.29) is 0 Å². The van der Waals surface area contributed by atoms with Crippen molar-refractivity contribution in [3.05, 3.63) is 34.9 Å². The van der Waals surface area contributed by atoms with Gasteiger partial charge in [0.1, 0.15) is 0 Å². The molecule has 0 aliphatic heterocycles. The van der Waals surface area contributed by atoms with Crippen molar-refractivity contribution in [2.24, 2.45) is 5.10 Å². The van der Waals surface area contributed by atoms with Crippen LogP contribution < -0.4 is 10.7 Å². The van der Waals surface area contributed by atoms with Crippen LogP contribution in [0.2, 0.25) is 5.02 Å². The van der Waals surface area contributed by atoms with Gasteiger partial charge in [-0.25, -0.2) is 0 Å². The van der Waals surface area contributed by atoms with E-state index in [1.54, 1.807) is 6.21 Å². The van der Waals surface area contributed by atoms with Crippen molar-refractivity contribution >= 4 is 35.1 Å². The zero-order valence-corrected chi connectivity index (χ0v) is 9.90. The first-order valence-corrected chi connectivity index (χ1v) is 5.33. The molecule has 0 heterocycles. The molecule has 0 atom stereocenters. The Kier molecular flexibility index (Phi) is 5.07. The number of benzene rings is 1. The fourth-order valence-electron chi connectivity index (χ4n) is 0.914. The van der Waals surface area contributed by atoms with Gasteiger partial charge in [0.25, 0.3) is 0 Å². The van der Waals surface area contributed by atoms with Crippen LogP contribution in [-0.4, -0.2) is 17.9 Å². The van der Waals surface area contributed by atoms with E-state index in [1.807, 2.05) is 31.2 Å². The molecule has 1 rings (SSSR count). The number of nitrogens with zero attached hydrogens (tertiary/aromatic N) is 1. The first-order valence-electron chi connectivity index (χ1n) is 4.55. The van der Waals surface area contributed by atoms with E-state index in [4.69, 9.17) is 23.8 Å². The maximum absolute atomic E-state index is 5.75. The van der Waals surface area contributed by atoms with Gasteiger partial charge < -0.3 is 5.32 Å². The van der Waals surface area contributed by atoms with Crippen LogP contribution in [0.5, 0.6) is 0 Å². The highest BCUT2D eigenvalue weighted by Gasteiger charge is 1.89. The Balaban J connectivity index is 2.44. The third kappa shape index (κ3) is 4.76. The zero-order valence-electron chi connectivity index (χ0n) is 8.33. The van der Waals surface area contributed by atoms with E-state index in [0.717, 1.165) is 12.1 Å². The molecule has 0 saturated heterocycles. The van der Waals surface area contributed by atoms with E-state index >= 15 is 0 Å². The summed E-state index contributed by atoms with van der Waals surface area (Å²) in [5.74, 6) is 0. The van der Waals surface area contributed by atoms with Gasteiger partial charge in [-0.3, -0.25) is 5.43 Å². The second kappa shape index (κ2) is 6.37. The Morgan fingerprint density at radius 2 is 2.13 bits per heavy atom. The molecule has 1 aromatic rings. The summed E-state index contributed by atoms with van der Waals surface area (Å²) in [6.45, 7) is 2.75. The summed E-state index contributed by atoms with van der Waals surface area (Å²) in [5.41, 5.74) is 3.67. The van der Waals surface area contributed by atoms with Crippen molar-refractivity contribution in [3.63, 3.8) is 0 Å². The minimum Gasteiger partial charge on any atom is -0.362 e. The summed E-state index contributed by atoms with van der Waals surface area (Å²) < 4.78 is 0. The van der Waals surface area contributed by atoms with Gasteiger partial charge in [0.05, 0.1) is 6.21 Å². The molecule has 2 N–H and O–H groups in total. The molecule has 0 unspecified atom stereocenters. The van der Waals surface area contributed by atoms with Crippen LogP contribution in [0.1, 0.15) is 12.5 Å². The molecule has 3 nitrogen and oxygen atoms in total. The molecule has 0 bridgehead atoms. The Morgan fingerprint density at radius 1 is 1.47 bits per heavy atom. The second-order valence-corrected chi connectivity index (χ2v) is 3.63. The van der Waals surface area contributed by atoms with Crippen molar-refractivity contribution in [2.45, 2.75) is 6.92 Å². The van der Waals surface area contributed by atoms with Gasteiger partial charge in [-0.05, 0) is 36.8 Å². The molecular weight excluding hydrogens is 230 g/mol. The second-order valence-electron chi connectivity index (χ2n) is 2.78. The normalized spacial score (nSPS) is 10.3. The van der Waals surface area contributed by atoms with Crippen LogP contribution in [0, 0.1) is 0 Å². The molecule has 0 radical (unpaired) electrons. The van der Waals surface area contributed by atoms with Crippen LogP contribution >= 0.6 is 23.8 Å². The average Bonchev–Trinajstić information content (AvgIpc) is 2.21. The average molecular weight is 242 g/mol. The minimum absolute atomic E-state index is 0.516. The Morgan fingerprint density at radius 3 is 2.73 bits per heavy atom. The van der Waals surface area contributed by atoms with E-state index in [1.165, 1.54) is 0 Å². The molecule has 0 aliphatic carbocycles. The topological polar surface area (TPSA) is 36.4 Å². The number of hydrazone groups is 1. The van der Waals surface area contributed by atoms with Gasteiger partial charge >= 0.3 is 0 Å². The van der Waals surface area contributed by atoms with Crippen molar-refractivity contribution in [2.75, 3.05) is 6.54 Å². The molecule has 0 aromatic heterocycles. The lowest BCUT2D eigenvalue weighted by atomic mass is 10.2. The molecule has 15 heavy (non-hydrogen) atoms. The SMILES string of the molecule is CCNC(=S)NN=Cc1ccc(Cl)cc1. The summed E-state index contributed by atoms with van der Waals surface area (Å²) in [6.07, 6.45) is 1.68. The highest BCUT2D eigenvalue weighted by molar-refractivity contribution is 7.80. The predicted molar refractivity (Wildman–Crippen MR) is 68.5 cm³/mol. The van der Waals surface area contributed by atoms with Crippen molar-refractivity contribution in [3.8, 4) is 0 Å². The van der Waals surface area contributed by atoms with Gasteiger partial charge in [0.15, 0.2) is 5.11 Å². The third-order valence-electron chi connectivity index (χ3n) is 1.59. The summed E-state index contributed by atoms with van der Waals surface area (Å²) >= 11 is 10.7. The fraction of sp³-hybridized carbons (Fsp3) is 0.200. The lowest BCUT2D eigenvalue weighted by Gasteiger charge is -2.02. The number of hydrogen-bond acceptors (Lipinski definition) is 2. The number of rotatable bonds is 3. The van der Waals surface area contributed by atoms with Gasteiger partial charge in [-0.1, -0.05) is 23.7 Å². The maximum atomic E-state index is 5.75. The molecule has 5 heteroatoms. The summed E-state index contributed by atoms with van der Waals surface area (Å²) in [5, 5.41) is 8.12. The van der Waals surface area contributed by atoms with Gasteiger partial charge in [0.2, 0.25) is 0 Å². The predicted octanol–water partition coefficient (Wildman–Crippen LogP) is 2.16. The summed E-state index contributed by atoms with van der Waals surface area (Å²) in [4.78, 5) is 0. The summed E-state index contributed by atoms with van der Waals surface area (Å²) in [6, 6.07) is 7.38. The molecule has 0 spiro atoms. The number of thiocarbonyl (C=S) groups is 1. The smallest absolute Gasteiger partial charge is 0.186 e. The molecule has 0 saturated carbocycles. The molecule has 0 aliphatic rings. The van der Waals surface area contributed by atoms with Crippen LogP contribution in [0.4, 0.5) is 0 Å². The van der Waals surface area contributed by atoms with E-state index in [2.05, 4.69) is 15.8 Å². The van der Waals surface area contributed by atoms with Crippen LogP contribution in [0.25, 0.3) is 0 Å². The summed E-state index contributed by atoms with van der Waals surface area (Å²) in [7, 11) is 0. The van der Waals surface area contributed by atoms with Gasteiger partial charge in [-0.15, -0.1) is 0 Å². The third-order valence-corrected chi connectivity index (χ3v) is 2.07. The Hall–Kier alpha value is -1.13. The van der Waals surface area contributed by atoms with Crippen molar-refractivity contribution in [1.82, 2.24) is 10.7 Å². The van der Waals surface area contributed by atoms with Crippen LogP contribution in [-0.2, 0) is 0 Å². The Labute approximate surface area is 99.5 Å². The van der Waals surface area contributed by atoms with Crippen molar-refractivity contribution in [1.29, 1.82) is 0 Å². The highest BCUT2D eigenvalue weighted by atomic mass is 35.5. The molecule has 80 valence electrons. The maximum Gasteiger partial charge on any atom is 0.186 e. The fourth-order valence-corrected chi connectivity index (χ4v) is 1.24. The molecule has 0 fully saturated rings. The molecular formula is C10H12ClN3S.